The van der Waals surface area contributed by atoms with Gasteiger partial charge >= 0.3 is 0 Å². The van der Waals surface area contributed by atoms with E-state index in [1.165, 1.54) is 55.4 Å². The van der Waals surface area contributed by atoms with Crippen LogP contribution in [0, 0.1) is 5.92 Å². The molecule has 2 aromatic carbocycles. The number of imidazole rings is 1. The predicted molar refractivity (Wildman–Crippen MR) is 115 cm³/mol. The van der Waals surface area contributed by atoms with E-state index in [-0.39, 0.29) is 0 Å². The Hall–Kier alpha value is -1.94. The van der Waals surface area contributed by atoms with Gasteiger partial charge in [-0.25, -0.2) is 4.98 Å². The topological polar surface area (TPSA) is 34.9 Å². The normalized spacial score (nSPS) is 23.8. The van der Waals surface area contributed by atoms with Crippen LogP contribution in [0.3, 0.4) is 0 Å². The maximum absolute atomic E-state index is 12.3. The molecule has 2 saturated carbocycles. The van der Waals surface area contributed by atoms with E-state index in [1.54, 1.807) is 6.26 Å². The zero-order valence-electron chi connectivity index (χ0n) is 16.5. The van der Waals surface area contributed by atoms with E-state index in [1.807, 2.05) is 12.1 Å². The number of aromatic nitrogens is 2. The first-order chi connectivity index (χ1) is 13.7. The van der Waals surface area contributed by atoms with Gasteiger partial charge in [0.25, 0.3) is 0 Å². The van der Waals surface area contributed by atoms with E-state index >= 15 is 0 Å². The molecule has 0 bridgehead atoms. The second kappa shape index (κ2) is 7.47. The monoisotopic (exact) mass is 392 g/mol. The smallest absolute Gasteiger partial charge is 0.113 e. The van der Waals surface area contributed by atoms with Crippen molar-refractivity contribution in [3.63, 3.8) is 0 Å². The van der Waals surface area contributed by atoms with E-state index in [2.05, 4.69) is 41.0 Å². The molecular weight excluding hydrogens is 364 g/mol. The van der Waals surface area contributed by atoms with Gasteiger partial charge in [-0.05, 0) is 68.1 Å². The van der Waals surface area contributed by atoms with Crippen molar-refractivity contribution in [2.24, 2.45) is 5.92 Å². The number of benzene rings is 2. The molecule has 1 heterocycles. The Morgan fingerprint density at radius 1 is 0.929 bits per heavy atom. The van der Waals surface area contributed by atoms with Crippen LogP contribution >= 0.6 is 0 Å². The third-order valence-corrected chi connectivity index (χ3v) is 7.53. The Labute approximate surface area is 169 Å². The first kappa shape index (κ1) is 18.1. The van der Waals surface area contributed by atoms with Crippen molar-refractivity contribution >= 4 is 21.8 Å². The number of fused-ring (bicyclic) bond motifs is 1. The number of hydrogen-bond acceptors (Lipinski definition) is 2. The van der Waals surface area contributed by atoms with Crippen molar-refractivity contribution in [3.8, 4) is 0 Å². The average Bonchev–Trinajstić information content (AvgIpc) is 3.48. The molecule has 1 atom stereocenters. The van der Waals surface area contributed by atoms with Crippen molar-refractivity contribution in [2.75, 3.05) is 6.26 Å². The number of nitrogens with zero attached hydrogens (tertiary/aromatic N) is 2. The predicted octanol–water partition coefficient (Wildman–Crippen LogP) is 5.63. The van der Waals surface area contributed by atoms with Crippen molar-refractivity contribution in [2.45, 2.75) is 61.8 Å². The molecule has 1 aromatic heterocycles. The fraction of sp³-hybridized carbons (Fsp3) is 0.458. The van der Waals surface area contributed by atoms with Crippen molar-refractivity contribution in [3.05, 3.63) is 59.9 Å². The molecule has 146 valence electrons. The van der Waals surface area contributed by atoms with Crippen LogP contribution in [-0.4, -0.2) is 20.0 Å². The van der Waals surface area contributed by atoms with Crippen LogP contribution in [0.4, 0.5) is 0 Å². The minimum absolute atomic E-state index is 0.518. The zero-order chi connectivity index (χ0) is 19.1. The van der Waals surface area contributed by atoms with Crippen molar-refractivity contribution in [1.29, 1.82) is 0 Å². The lowest BCUT2D eigenvalue weighted by Gasteiger charge is -2.29. The highest BCUT2D eigenvalue weighted by molar-refractivity contribution is 7.84. The van der Waals surface area contributed by atoms with Gasteiger partial charge < -0.3 is 4.57 Å². The Morgan fingerprint density at radius 2 is 1.64 bits per heavy atom. The zero-order valence-corrected chi connectivity index (χ0v) is 17.3. The molecule has 28 heavy (non-hydrogen) atoms. The standard InChI is InChI=1S/C24H28N2OS/c1-28(27)22-9-5-8-21-23(22)25-24(26(21)16-17-10-11-17)20-14-12-19(13-15-20)18-6-3-2-4-7-18/h2-9,17,19-20H,10-16H2,1H3. The molecule has 2 aliphatic carbocycles. The summed E-state index contributed by atoms with van der Waals surface area (Å²) in [6, 6.07) is 17.1. The Balaban J connectivity index is 1.46. The van der Waals surface area contributed by atoms with Crippen LogP contribution in [0.1, 0.15) is 61.7 Å². The highest BCUT2D eigenvalue weighted by Crippen LogP contribution is 2.42. The maximum Gasteiger partial charge on any atom is 0.113 e. The summed E-state index contributed by atoms with van der Waals surface area (Å²) in [5.74, 6) is 3.24. The summed E-state index contributed by atoms with van der Waals surface area (Å²) < 4.78 is 14.7. The summed E-state index contributed by atoms with van der Waals surface area (Å²) >= 11 is 0. The Bertz CT molecular complexity index is 998. The molecule has 2 fully saturated rings. The van der Waals surface area contributed by atoms with Gasteiger partial charge in [-0.15, -0.1) is 0 Å². The molecule has 4 heteroatoms. The van der Waals surface area contributed by atoms with Crippen molar-refractivity contribution < 1.29 is 4.21 Å². The van der Waals surface area contributed by atoms with Crippen LogP contribution in [0.2, 0.25) is 0 Å². The largest absolute Gasteiger partial charge is 0.327 e. The highest BCUT2D eigenvalue weighted by Gasteiger charge is 2.30. The molecular formula is C24H28N2OS. The summed E-state index contributed by atoms with van der Waals surface area (Å²) in [6.07, 6.45) is 9.27. The molecule has 0 saturated heterocycles. The minimum Gasteiger partial charge on any atom is -0.327 e. The van der Waals surface area contributed by atoms with Gasteiger partial charge in [-0.3, -0.25) is 4.21 Å². The number of rotatable bonds is 5. The SMILES string of the molecule is CS(=O)c1cccc2c1nc(C1CCC(c3ccccc3)CC1)n2CC1CC1. The van der Waals surface area contributed by atoms with Crippen LogP contribution in [0.5, 0.6) is 0 Å². The fourth-order valence-corrected chi connectivity index (χ4v) is 5.54. The van der Waals surface area contributed by atoms with Crippen LogP contribution in [-0.2, 0) is 17.3 Å². The van der Waals surface area contributed by atoms with Crippen molar-refractivity contribution in [1.82, 2.24) is 9.55 Å². The number of hydrogen-bond donors (Lipinski definition) is 0. The van der Waals surface area contributed by atoms with Gasteiger partial charge in [-0.1, -0.05) is 36.4 Å². The molecule has 2 aliphatic rings. The van der Waals surface area contributed by atoms with E-state index in [0.717, 1.165) is 22.9 Å². The lowest BCUT2D eigenvalue weighted by molar-refractivity contribution is 0.375. The molecule has 0 spiro atoms. The highest BCUT2D eigenvalue weighted by atomic mass is 32.2. The third kappa shape index (κ3) is 3.43. The number of para-hydroxylation sites is 1. The lowest BCUT2D eigenvalue weighted by atomic mass is 9.78. The van der Waals surface area contributed by atoms with Gasteiger partial charge in [0, 0.05) is 18.7 Å². The van der Waals surface area contributed by atoms with Gasteiger partial charge in [-0.2, -0.15) is 0 Å². The molecule has 0 amide bonds. The van der Waals surface area contributed by atoms with E-state index < -0.39 is 10.8 Å². The summed E-state index contributed by atoms with van der Waals surface area (Å²) in [7, 11) is -1.01. The summed E-state index contributed by atoms with van der Waals surface area (Å²) in [6.45, 7) is 1.07. The summed E-state index contributed by atoms with van der Waals surface area (Å²) in [5.41, 5.74) is 3.63. The maximum atomic E-state index is 12.3. The van der Waals surface area contributed by atoms with Crippen LogP contribution in [0.15, 0.2) is 53.4 Å². The Kier molecular flexibility index (Phi) is 4.83. The van der Waals surface area contributed by atoms with E-state index in [0.29, 0.717) is 11.8 Å². The summed E-state index contributed by atoms with van der Waals surface area (Å²) in [4.78, 5) is 5.99. The van der Waals surface area contributed by atoms with Gasteiger partial charge in [0.1, 0.15) is 11.3 Å². The molecule has 0 radical (unpaired) electrons. The molecule has 5 rings (SSSR count). The second-order valence-electron chi connectivity index (χ2n) is 8.56. The quantitative estimate of drug-likeness (QED) is 0.564. The lowest BCUT2D eigenvalue weighted by Crippen LogP contribution is -2.16. The fourth-order valence-electron chi connectivity index (χ4n) is 4.84. The Morgan fingerprint density at radius 3 is 2.32 bits per heavy atom. The first-order valence-electron chi connectivity index (χ1n) is 10.6. The van der Waals surface area contributed by atoms with Crippen LogP contribution < -0.4 is 0 Å². The van der Waals surface area contributed by atoms with Gasteiger partial charge in [0.05, 0.1) is 21.2 Å². The van der Waals surface area contributed by atoms with Gasteiger partial charge in [0.2, 0.25) is 0 Å². The minimum atomic E-state index is -1.01. The first-order valence-corrected chi connectivity index (χ1v) is 12.1. The molecule has 0 aliphatic heterocycles. The molecule has 3 nitrogen and oxygen atoms in total. The van der Waals surface area contributed by atoms with E-state index in [9.17, 15) is 4.21 Å². The molecule has 3 aromatic rings. The third-order valence-electron chi connectivity index (χ3n) is 6.58. The average molecular weight is 393 g/mol. The molecule has 0 N–H and O–H groups in total. The van der Waals surface area contributed by atoms with E-state index in [4.69, 9.17) is 4.98 Å². The second-order valence-corrected chi connectivity index (χ2v) is 9.91. The van der Waals surface area contributed by atoms with Crippen LogP contribution in [0.25, 0.3) is 11.0 Å². The molecule has 1 unspecified atom stereocenters. The summed E-state index contributed by atoms with van der Waals surface area (Å²) in [5, 5.41) is 0. The van der Waals surface area contributed by atoms with Gasteiger partial charge in [0.15, 0.2) is 0 Å².